The summed E-state index contributed by atoms with van der Waals surface area (Å²) >= 11 is 0. The molecule has 0 bridgehead atoms. The first kappa shape index (κ1) is 12.9. The Morgan fingerprint density at radius 3 is 2.90 bits per heavy atom. The molecule has 5 nitrogen and oxygen atoms in total. The summed E-state index contributed by atoms with van der Waals surface area (Å²) < 4.78 is 5.21. The van der Waals surface area contributed by atoms with Crippen LogP contribution in [0.15, 0.2) is 34.9 Å². The summed E-state index contributed by atoms with van der Waals surface area (Å²) in [5.74, 6) is -0.227. The zero-order valence-corrected chi connectivity index (χ0v) is 11.2. The van der Waals surface area contributed by atoms with Crippen LogP contribution in [0.5, 0.6) is 0 Å². The Morgan fingerprint density at radius 1 is 1.45 bits per heavy atom. The summed E-state index contributed by atoms with van der Waals surface area (Å²) in [6, 6.07) is 10.2. The molecular weight excluding hydrogens is 256 g/mol. The zero-order chi connectivity index (χ0) is 14.1. The van der Waals surface area contributed by atoms with Gasteiger partial charge in [-0.05, 0) is 11.5 Å². The highest BCUT2D eigenvalue weighted by molar-refractivity contribution is 5.87. The Hall–Kier alpha value is -2.14. The normalized spacial score (nSPS) is 18.8. The van der Waals surface area contributed by atoms with Gasteiger partial charge in [-0.25, -0.2) is 4.79 Å². The third-order valence-electron chi connectivity index (χ3n) is 3.65. The predicted octanol–water partition coefficient (Wildman–Crippen LogP) is 2.49. The Balaban J connectivity index is 1.81. The van der Waals surface area contributed by atoms with Crippen LogP contribution < -0.4 is 0 Å². The van der Waals surface area contributed by atoms with E-state index in [1.807, 2.05) is 25.1 Å². The van der Waals surface area contributed by atoms with E-state index < -0.39 is 5.97 Å². The van der Waals surface area contributed by atoms with Crippen molar-refractivity contribution < 1.29 is 14.4 Å². The number of nitrogens with zero attached hydrogens (tertiary/aromatic N) is 2. The van der Waals surface area contributed by atoms with Crippen LogP contribution in [0.3, 0.4) is 0 Å². The van der Waals surface area contributed by atoms with Gasteiger partial charge in [0.15, 0.2) is 11.5 Å². The van der Waals surface area contributed by atoms with E-state index in [2.05, 4.69) is 22.2 Å². The van der Waals surface area contributed by atoms with E-state index in [0.29, 0.717) is 12.3 Å². The minimum atomic E-state index is -1.02. The number of carbonyl (C=O) groups is 1. The summed E-state index contributed by atoms with van der Waals surface area (Å²) in [7, 11) is 0. The van der Waals surface area contributed by atoms with E-state index in [4.69, 9.17) is 9.63 Å². The van der Waals surface area contributed by atoms with Gasteiger partial charge in [0.25, 0.3) is 0 Å². The molecule has 0 radical (unpaired) electrons. The van der Waals surface area contributed by atoms with Crippen LogP contribution in [-0.4, -0.2) is 27.7 Å². The molecule has 20 heavy (non-hydrogen) atoms. The van der Waals surface area contributed by atoms with Crippen molar-refractivity contribution >= 4 is 5.97 Å². The number of carboxylic acid groups (broad SMARTS) is 1. The molecule has 0 unspecified atom stereocenters. The van der Waals surface area contributed by atoms with E-state index in [9.17, 15) is 4.79 Å². The van der Waals surface area contributed by atoms with Crippen LogP contribution >= 0.6 is 0 Å². The van der Waals surface area contributed by atoms with Crippen molar-refractivity contribution in [2.75, 3.05) is 6.54 Å². The minimum Gasteiger partial charge on any atom is -0.476 e. The van der Waals surface area contributed by atoms with E-state index in [0.717, 1.165) is 18.7 Å². The first-order valence-corrected chi connectivity index (χ1v) is 6.63. The second-order valence-electron chi connectivity index (χ2n) is 5.23. The molecule has 2 heterocycles. The summed E-state index contributed by atoms with van der Waals surface area (Å²) in [6.07, 6.45) is 0. The van der Waals surface area contributed by atoms with Gasteiger partial charge in [0.1, 0.15) is 0 Å². The van der Waals surface area contributed by atoms with Crippen molar-refractivity contribution in [1.29, 1.82) is 0 Å². The summed E-state index contributed by atoms with van der Waals surface area (Å²) in [4.78, 5) is 13.4. The predicted molar refractivity (Wildman–Crippen MR) is 72.4 cm³/mol. The fraction of sp³-hybridized carbons (Fsp3) is 0.333. The number of carboxylic acids is 1. The Labute approximate surface area is 116 Å². The van der Waals surface area contributed by atoms with Gasteiger partial charge in [0.2, 0.25) is 0 Å². The molecule has 0 aliphatic carbocycles. The highest BCUT2D eigenvalue weighted by Gasteiger charge is 2.31. The van der Waals surface area contributed by atoms with Gasteiger partial charge in [-0.3, -0.25) is 4.90 Å². The number of benzene rings is 1. The molecule has 104 valence electrons. The smallest absolute Gasteiger partial charge is 0.358 e. The summed E-state index contributed by atoms with van der Waals surface area (Å²) in [6.45, 7) is 4.26. The number of rotatable bonds is 3. The van der Waals surface area contributed by atoms with E-state index in [-0.39, 0.29) is 11.6 Å². The third kappa shape index (κ3) is 2.32. The molecule has 0 saturated heterocycles. The average Bonchev–Trinajstić information content (AvgIpc) is 2.84. The summed E-state index contributed by atoms with van der Waals surface area (Å²) in [5.41, 5.74) is 2.05. The SMILES string of the molecule is C[C@H]1CN(Cc2ccccc2)Cc2onc(C(=O)O)c21. The van der Waals surface area contributed by atoms with Crippen LogP contribution in [-0.2, 0) is 13.1 Å². The van der Waals surface area contributed by atoms with E-state index in [1.165, 1.54) is 5.56 Å². The van der Waals surface area contributed by atoms with Crippen LogP contribution in [0.25, 0.3) is 0 Å². The van der Waals surface area contributed by atoms with E-state index >= 15 is 0 Å². The van der Waals surface area contributed by atoms with Crippen molar-refractivity contribution in [2.45, 2.75) is 25.9 Å². The fourth-order valence-corrected chi connectivity index (χ4v) is 2.82. The van der Waals surface area contributed by atoms with Crippen molar-refractivity contribution in [2.24, 2.45) is 0 Å². The first-order chi connectivity index (χ1) is 9.65. The van der Waals surface area contributed by atoms with Crippen LogP contribution in [0.4, 0.5) is 0 Å². The molecule has 2 aromatic rings. The topological polar surface area (TPSA) is 66.6 Å². The quantitative estimate of drug-likeness (QED) is 0.929. The van der Waals surface area contributed by atoms with Gasteiger partial charge in [0, 0.05) is 18.7 Å². The largest absolute Gasteiger partial charge is 0.476 e. The zero-order valence-electron chi connectivity index (χ0n) is 11.2. The summed E-state index contributed by atoms with van der Waals surface area (Å²) in [5, 5.41) is 12.8. The molecule has 0 fully saturated rings. The van der Waals surface area contributed by atoms with Gasteiger partial charge in [-0.15, -0.1) is 0 Å². The minimum absolute atomic E-state index is 0.0619. The lowest BCUT2D eigenvalue weighted by molar-refractivity contribution is 0.0684. The maximum absolute atomic E-state index is 11.1. The van der Waals surface area contributed by atoms with Crippen LogP contribution in [0, 0.1) is 0 Å². The lowest BCUT2D eigenvalue weighted by Gasteiger charge is -2.29. The standard InChI is InChI=1S/C15H16N2O3/c1-10-7-17(8-11-5-3-2-4-6-11)9-12-13(10)14(15(18)19)16-20-12/h2-6,10H,7-9H2,1H3,(H,18,19)/t10-/m0/s1. The van der Waals surface area contributed by atoms with Gasteiger partial charge >= 0.3 is 5.97 Å². The number of aromatic nitrogens is 1. The molecule has 1 atom stereocenters. The number of hydrogen-bond acceptors (Lipinski definition) is 4. The van der Waals surface area contributed by atoms with Gasteiger partial charge in [-0.2, -0.15) is 0 Å². The second-order valence-corrected chi connectivity index (χ2v) is 5.23. The molecule has 0 spiro atoms. The molecule has 5 heteroatoms. The van der Waals surface area contributed by atoms with Crippen LogP contribution in [0.1, 0.15) is 40.2 Å². The average molecular weight is 272 g/mol. The highest BCUT2D eigenvalue weighted by atomic mass is 16.5. The number of aromatic carboxylic acids is 1. The fourth-order valence-electron chi connectivity index (χ4n) is 2.82. The van der Waals surface area contributed by atoms with E-state index in [1.54, 1.807) is 0 Å². The molecular formula is C15H16N2O3. The number of fused-ring (bicyclic) bond motifs is 1. The highest BCUT2D eigenvalue weighted by Crippen LogP contribution is 2.31. The molecule has 1 N–H and O–H groups in total. The Morgan fingerprint density at radius 2 is 2.20 bits per heavy atom. The van der Waals surface area contributed by atoms with Gasteiger partial charge in [0.05, 0.1) is 6.54 Å². The van der Waals surface area contributed by atoms with Crippen molar-refractivity contribution in [3.63, 3.8) is 0 Å². The molecule has 3 rings (SSSR count). The van der Waals surface area contributed by atoms with Crippen LogP contribution in [0.2, 0.25) is 0 Å². The molecule has 1 aliphatic heterocycles. The monoisotopic (exact) mass is 272 g/mol. The maximum atomic E-state index is 11.1. The molecule has 0 saturated carbocycles. The lowest BCUT2D eigenvalue weighted by Crippen LogP contribution is -2.32. The Kier molecular flexibility index (Phi) is 3.28. The maximum Gasteiger partial charge on any atom is 0.358 e. The molecule has 0 amide bonds. The van der Waals surface area contributed by atoms with Crippen molar-refractivity contribution in [3.05, 3.63) is 52.9 Å². The Bertz CT molecular complexity index is 621. The van der Waals surface area contributed by atoms with Gasteiger partial charge < -0.3 is 9.63 Å². The lowest BCUT2D eigenvalue weighted by atomic mass is 9.94. The first-order valence-electron chi connectivity index (χ1n) is 6.63. The third-order valence-corrected chi connectivity index (χ3v) is 3.65. The molecule has 1 aromatic carbocycles. The molecule has 1 aromatic heterocycles. The van der Waals surface area contributed by atoms with Crippen molar-refractivity contribution in [3.8, 4) is 0 Å². The van der Waals surface area contributed by atoms with Crippen molar-refractivity contribution in [1.82, 2.24) is 10.1 Å². The second kappa shape index (κ2) is 5.09. The number of hydrogen-bond donors (Lipinski definition) is 1. The molecule has 1 aliphatic rings. The van der Waals surface area contributed by atoms with Gasteiger partial charge in [-0.1, -0.05) is 42.4 Å².